The summed E-state index contributed by atoms with van der Waals surface area (Å²) in [5, 5.41) is 2.74. The predicted molar refractivity (Wildman–Crippen MR) is 87.2 cm³/mol. The van der Waals surface area contributed by atoms with Gasteiger partial charge >= 0.3 is 0 Å². The molecule has 120 valence electrons. The predicted octanol–water partition coefficient (Wildman–Crippen LogP) is 1.48. The molecular weight excluding hydrogens is 314 g/mol. The van der Waals surface area contributed by atoms with Gasteiger partial charge in [-0.2, -0.15) is 0 Å². The lowest BCUT2D eigenvalue weighted by Crippen LogP contribution is -2.25. The number of hydrogen-bond acceptors (Lipinski definition) is 4. The average molecular weight is 331 g/mol. The van der Waals surface area contributed by atoms with Gasteiger partial charge in [0.2, 0.25) is 10.0 Å². The number of carbonyl (C=O) groups is 1. The van der Waals surface area contributed by atoms with E-state index in [0.717, 1.165) is 5.56 Å². The van der Waals surface area contributed by atoms with Crippen molar-refractivity contribution in [1.29, 1.82) is 0 Å². The molecule has 6 nitrogen and oxygen atoms in total. The summed E-state index contributed by atoms with van der Waals surface area (Å²) in [6.45, 7) is 3.93. The summed E-state index contributed by atoms with van der Waals surface area (Å²) < 4.78 is 26.5. The third-order valence-corrected chi connectivity index (χ3v) is 4.45. The van der Waals surface area contributed by atoms with Crippen molar-refractivity contribution < 1.29 is 13.2 Å². The van der Waals surface area contributed by atoms with Gasteiger partial charge in [0.15, 0.2) is 0 Å². The molecule has 1 heterocycles. The number of nitrogens with zero attached hydrogens (tertiary/aromatic N) is 1. The highest BCUT2D eigenvalue weighted by Gasteiger charge is 2.15. The maximum Gasteiger partial charge on any atom is 0.251 e. The summed E-state index contributed by atoms with van der Waals surface area (Å²) in [4.78, 5) is 16.1. The number of aromatic nitrogens is 1. The van der Waals surface area contributed by atoms with E-state index in [4.69, 9.17) is 0 Å². The van der Waals surface area contributed by atoms with Crippen LogP contribution >= 0.6 is 0 Å². The summed E-state index contributed by atoms with van der Waals surface area (Å²) in [5.41, 5.74) is 1.19. The zero-order chi connectivity index (χ0) is 16.7. The minimum atomic E-state index is -3.66. The third kappa shape index (κ3) is 4.73. The molecule has 0 fully saturated rings. The Morgan fingerprint density at radius 2 is 1.96 bits per heavy atom. The van der Waals surface area contributed by atoms with Crippen LogP contribution in [0.5, 0.6) is 0 Å². The van der Waals surface area contributed by atoms with Crippen LogP contribution in [0.15, 0.2) is 66.3 Å². The largest absolute Gasteiger partial charge is 0.348 e. The number of pyridine rings is 1. The fourth-order valence-electron chi connectivity index (χ4n) is 1.84. The third-order valence-electron chi connectivity index (χ3n) is 3.03. The first-order valence-electron chi connectivity index (χ1n) is 6.90. The van der Waals surface area contributed by atoms with E-state index in [-0.39, 0.29) is 22.9 Å². The van der Waals surface area contributed by atoms with Crippen molar-refractivity contribution in [2.75, 3.05) is 6.54 Å². The first-order chi connectivity index (χ1) is 11.0. The normalized spacial score (nSPS) is 11.0. The number of amides is 1. The van der Waals surface area contributed by atoms with Crippen LogP contribution in [-0.2, 0) is 16.6 Å². The zero-order valence-corrected chi connectivity index (χ0v) is 13.2. The van der Waals surface area contributed by atoms with Crippen LogP contribution in [0.4, 0.5) is 0 Å². The second kappa shape index (κ2) is 7.66. The Kier molecular flexibility index (Phi) is 5.61. The lowest BCUT2D eigenvalue weighted by Gasteiger charge is -2.08. The first kappa shape index (κ1) is 16.9. The van der Waals surface area contributed by atoms with E-state index >= 15 is 0 Å². The molecule has 2 rings (SSSR count). The quantitative estimate of drug-likeness (QED) is 0.752. The van der Waals surface area contributed by atoms with E-state index in [9.17, 15) is 13.2 Å². The van der Waals surface area contributed by atoms with Crippen molar-refractivity contribution in [3.05, 3.63) is 72.6 Å². The van der Waals surface area contributed by atoms with Crippen LogP contribution < -0.4 is 10.0 Å². The number of hydrogen-bond donors (Lipinski definition) is 2. The fraction of sp³-hybridized carbons (Fsp3) is 0.125. The van der Waals surface area contributed by atoms with Crippen LogP contribution in [0.1, 0.15) is 15.9 Å². The highest BCUT2D eigenvalue weighted by atomic mass is 32.2. The van der Waals surface area contributed by atoms with E-state index in [1.165, 1.54) is 24.3 Å². The summed E-state index contributed by atoms with van der Waals surface area (Å²) in [7, 11) is -3.66. The Hall–Kier alpha value is -2.51. The van der Waals surface area contributed by atoms with Gasteiger partial charge in [-0.25, -0.2) is 13.1 Å². The number of benzene rings is 1. The summed E-state index contributed by atoms with van der Waals surface area (Å²) in [6, 6.07) is 9.46. The van der Waals surface area contributed by atoms with Crippen LogP contribution in [0.25, 0.3) is 0 Å². The van der Waals surface area contributed by atoms with Crippen molar-refractivity contribution in [3.8, 4) is 0 Å². The number of nitrogens with one attached hydrogen (secondary N) is 2. The van der Waals surface area contributed by atoms with Crippen LogP contribution in [0.3, 0.4) is 0 Å². The van der Waals surface area contributed by atoms with Crippen LogP contribution in [0.2, 0.25) is 0 Å². The SMILES string of the molecule is C=CCNS(=O)(=O)c1cccc(C(=O)NCc2ccncc2)c1. The van der Waals surface area contributed by atoms with Crippen LogP contribution in [-0.4, -0.2) is 25.9 Å². The number of rotatable bonds is 7. The van der Waals surface area contributed by atoms with Crippen LogP contribution in [0, 0.1) is 0 Å². The lowest BCUT2D eigenvalue weighted by atomic mass is 10.2. The fourth-order valence-corrected chi connectivity index (χ4v) is 2.89. The minimum Gasteiger partial charge on any atom is -0.348 e. The molecule has 0 saturated heterocycles. The Labute approximate surface area is 135 Å². The molecule has 0 radical (unpaired) electrons. The molecule has 1 aromatic carbocycles. The molecule has 0 atom stereocenters. The number of sulfonamides is 1. The molecule has 23 heavy (non-hydrogen) atoms. The number of carbonyl (C=O) groups excluding carboxylic acids is 1. The molecule has 1 amide bonds. The molecule has 1 aromatic heterocycles. The first-order valence-corrected chi connectivity index (χ1v) is 8.39. The maximum atomic E-state index is 12.2. The standard InChI is InChI=1S/C16H17N3O3S/c1-2-8-19-23(21,22)15-5-3-4-14(11-15)16(20)18-12-13-6-9-17-10-7-13/h2-7,9-11,19H,1,8,12H2,(H,18,20). The zero-order valence-electron chi connectivity index (χ0n) is 12.4. The second-order valence-corrected chi connectivity index (χ2v) is 6.47. The van der Waals surface area contributed by atoms with E-state index in [2.05, 4.69) is 21.6 Å². The van der Waals surface area contributed by atoms with Gasteiger partial charge in [-0.05, 0) is 35.9 Å². The Balaban J connectivity index is 2.09. The monoisotopic (exact) mass is 331 g/mol. The van der Waals surface area contributed by atoms with Gasteiger partial charge in [-0.15, -0.1) is 6.58 Å². The molecular formula is C16H17N3O3S. The Bertz CT molecular complexity index is 789. The van der Waals surface area contributed by atoms with Gasteiger partial charge in [0, 0.05) is 31.0 Å². The highest BCUT2D eigenvalue weighted by Crippen LogP contribution is 2.11. The van der Waals surface area contributed by atoms with Gasteiger partial charge in [-0.3, -0.25) is 9.78 Å². The maximum absolute atomic E-state index is 12.2. The molecule has 0 aliphatic heterocycles. The molecule has 2 aromatic rings. The van der Waals surface area contributed by atoms with Crippen molar-refractivity contribution >= 4 is 15.9 Å². The van der Waals surface area contributed by atoms with Gasteiger partial charge in [0.25, 0.3) is 5.91 Å². The van der Waals surface area contributed by atoms with E-state index in [1.807, 2.05) is 0 Å². The summed E-state index contributed by atoms with van der Waals surface area (Å²) in [6.07, 6.45) is 4.72. The molecule has 0 spiro atoms. The molecule has 0 unspecified atom stereocenters. The van der Waals surface area contributed by atoms with Crippen molar-refractivity contribution in [2.45, 2.75) is 11.4 Å². The lowest BCUT2D eigenvalue weighted by molar-refractivity contribution is 0.0950. The molecule has 2 N–H and O–H groups in total. The van der Waals surface area contributed by atoms with E-state index < -0.39 is 10.0 Å². The smallest absolute Gasteiger partial charge is 0.251 e. The van der Waals surface area contributed by atoms with Crippen molar-refractivity contribution in [2.24, 2.45) is 0 Å². The molecule has 0 saturated carbocycles. The molecule has 0 bridgehead atoms. The topological polar surface area (TPSA) is 88.2 Å². The van der Waals surface area contributed by atoms with Crippen molar-refractivity contribution in [3.63, 3.8) is 0 Å². The second-order valence-electron chi connectivity index (χ2n) is 4.71. The summed E-state index contributed by atoms with van der Waals surface area (Å²) in [5.74, 6) is -0.345. The van der Waals surface area contributed by atoms with Gasteiger partial charge < -0.3 is 5.32 Å². The van der Waals surface area contributed by atoms with Crippen molar-refractivity contribution in [1.82, 2.24) is 15.0 Å². The van der Waals surface area contributed by atoms with E-state index in [0.29, 0.717) is 6.54 Å². The van der Waals surface area contributed by atoms with Gasteiger partial charge in [0.05, 0.1) is 4.90 Å². The Morgan fingerprint density at radius 1 is 1.22 bits per heavy atom. The average Bonchev–Trinajstić information content (AvgIpc) is 2.59. The van der Waals surface area contributed by atoms with Gasteiger partial charge in [0.1, 0.15) is 0 Å². The Morgan fingerprint density at radius 3 is 2.65 bits per heavy atom. The summed E-state index contributed by atoms with van der Waals surface area (Å²) >= 11 is 0. The molecule has 0 aliphatic carbocycles. The molecule has 0 aliphatic rings. The molecule has 7 heteroatoms. The van der Waals surface area contributed by atoms with Gasteiger partial charge in [-0.1, -0.05) is 12.1 Å². The minimum absolute atomic E-state index is 0.0379. The highest BCUT2D eigenvalue weighted by molar-refractivity contribution is 7.89. The van der Waals surface area contributed by atoms with E-state index in [1.54, 1.807) is 30.6 Å².